The lowest BCUT2D eigenvalue weighted by Gasteiger charge is -2.22. The molecule has 132 valence electrons. The molecule has 0 aliphatic carbocycles. The van der Waals surface area contributed by atoms with Crippen molar-refractivity contribution >= 4 is 27.9 Å². The van der Waals surface area contributed by atoms with Crippen molar-refractivity contribution in [3.63, 3.8) is 0 Å². The number of alkyl carbamates (subject to hydrolysis) is 1. The molecule has 2 amide bonds. The Morgan fingerprint density at radius 1 is 1.29 bits per heavy atom. The summed E-state index contributed by atoms with van der Waals surface area (Å²) in [6.45, 7) is 5.82. The molecule has 2 rings (SSSR count). The maximum absolute atomic E-state index is 13.9. The van der Waals surface area contributed by atoms with E-state index in [1.54, 1.807) is 20.8 Å². The predicted molar refractivity (Wildman–Crippen MR) is 87.7 cm³/mol. The minimum atomic E-state index is -1.18. The van der Waals surface area contributed by atoms with E-state index in [1.807, 2.05) is 0 Å². The fourth-order valence-corrected chi connectivity index (χ4v) is 2.70. The zero-order valence-electron chi connectivity index (χ0n) is 13.7. The van der Waals surface area contributed by atoms with Crippen LogP contribution in [0.15, 0.2) is 16.6 Å². The summed E-state index contributed by atoms with van der Waals surface area (Å²) in [6, 6.07) is 2.24. The number of likely N-dealkylation sites (tertiary alicyclic amines) is 1. The maximum Gasteiger partial charge on any atom is 0.407 e. The summed E-state index contributed by atoms with van der Waals surface area (Å²) >= 11 is 2.87. The number of ether oxygens (including phenoxy) is 1. The van der Waals surface area contributed by atoms with E-state index < -0.39 is 29.2 Å². The Balaban J connectivity index is 1.99. The third-order valence-electron chi connectivity index (χ3n) is 3.46. The molecule has 0 saturated carbocycles. The van der Waals surface area contributed by atoms with Gasteiger partial charge in [0.25, 0.3) is 5.91 Å². The molecule has 0 aromatic heterocycles. The number of nitrogens with zero attached hydrogens (tertiary/aromatic N) is 1. The van der Waals surface area contributed by atoms with Gasteiger partial charge in [-0.3, -0.25) is 4.79 Å². The van der Waals surface area contributed by atoms with Gasteiger partial charge in [-0.05, 0) is 55.3 Å². The highest BCUT2D eigenvalue weighted by Gasteiger charge is 2.31. The average molecular weight is 405 g/mol. The minimum Gasteiger partial charge on any atom is -0.444 e. The van der Waals surface area contributed by atoms with Gasteiger partial charge in [0.15, 0.2) is 11.6 Å². The van der Waals surface area contributed by atoms with Crippen LogP contribution in [0.3, 0.4) is 0 Å². The number of halogens is 3. The molecule has 1 aromatic rings. The summed E-state index contributed by atoms with van der Waals surface area (Å²) in [7, 11) is 0. The first kappa shape index (κ1) is 18.6. The minimum absolute atomic E-state index is 0.0394. The molecule has 8 heteroatoms. The van der Waals surface area contributed by atoms with Gasteiger partial charge in [0.05, 0.1) is 16.1 Å². The Labute approximate surface area is 147 Å². The Bertz CT molecular complexity index is 661. The van der Waals surface area contributed by atoms with Crippen LogP contribution in [0.5, 0.6) is 0 Å². The number of nitrogens with one attached hydrogen (secondary N) is 1. The standard InChI is InChI=1S/C16H19BrF2N2O3/c1-16(2,3)24-15(23)20-9-6-7-21(8-9)14(22)10-4-5-11(17)13(19)12(10)18/h4-5,9H,6-8H2,1-3H3,(H,20,23)/t9-/m1/s1. The van der Waals surface area contributed by atoms with Crippen LogP contribution in [0.4, 0.5) is 13.6 Å². The highest BCUT2D eigenvalue weighted by atomic mass is 79.9. The molecule has 1 aliphatic rings. The van der Waals surface area contributed by atoms with Gasteiger partial charge in [-0.15, -0.1) is 0 Å². The van der Waals surface area contributed by atoms with Crippen LogP contribution in [0.25, 0.3) is 0 Å². The van der Waals surface area contributed by atoms with E-state index in [1.165, 1.54) is 17.0 Å². The van der Waals surface area contributed by atoms with Crippen LogP contribution in [0.2, 0.25) is 0 Å². The summed E-state index contributed by atoms with van der Waals surface area (Å²) in [5, 5.41) is 2.68. The smallest absolute Gasteiger partial charge is 0.407 e. The SMILES string of the molecule is CC(C)(C)OC(=O)N[C@@H]1CCN(C(=O)c2ccc(Br)c(F)c2F)C1. The lowest BCUT2D eigenvalue weighted by Crippen LogP contribution is -2.41. The number of benzene rings is 1. The third-order valence-corrected chi connectivity index (χ3v) is 4.07. The lowest BCUT2D eigenvalue weighted by molar-refractivity contribution is 0.0502. The second-order valence-corrected chi connectivity index (χ2v) is 7.46. The summed E-state index contributed by atoms with van der Waals surface area (Å²) in [6.07, 6.45) is -0.0475. The van der Waals surface area contributed by atoms with Gasteiger partial charge in [-0.25, -0.2) is 13.6 Å². The van der Waals surface area contributed by atoms with Gasteiger partial charge in [0, 0.05) is 13.1 Å². The van der Waals surface area contributed by atoms with E-state index in [4.69, 9.17) is 4.74 Å². The molecule has 0 radical (unpaired) electrons. The highest BCUT2D eigenvalue weighted by Crippen LogP contribution is 2.23. The first-order valence-electron chi connectivity index (χ1n) is 7.51. The van der Waals surface area contributed by atoms with Crippen molar-refractivity contribution in [1.82, 2.24) is 10.2 Å². The summed E-state index contributed by atoms with van der Waals surface area (Å²) in [5.74, 6) is -2.88. The molecule has 0 unspecified atom stereocenters. The van der Waals surface area contributed by atoms with Gasteiger partial charge >= 0.3 is 6.09 Å². The molecule has 1 fully saturated rings. The van der Waals surface area contributed by atoms with Gasteiger partial charge in [-0.2, -0.15) is 0 Å². The van der Waals surface area contributed by atoms with Crippen molar-refractivity contribution in [2.24, 2.45) is 0 Å². The van der Waals surface area contributed by atoms with E-state index in [9.17, 15) is 18.4 Å². The van der Waals surface area contributed by atoms with Crippen molar-refractivity contribution in [2.75, 3.05) is 13.1 Å². The molecule has 1 aliphatic heterocycles. The van der Waals surface area contributed by atoms with Crippen LogP contribution in [-0.4, -0.2) is 41.6 Å². The van der Waals surface area contributed by atoms with Crippen molar-refractivity contribution in [3.05, 3.63) is 33.8 Å². The number of hydrogen-bond acceptors (Lipinski definition) is 3. The molecule has 1 heterocycles. The molecular formula is C16H19BrF2N2O3. The monoisotopic (exact) mass is 404 g/mol. The molecule has 1 N–H and O–H groups in total. The molecule has 0 spiro atoms. The van der Waals surface area contributed by atoms with Crippen molar-refractivity contribution < 1.29 is 23.1 Å². The maximum atomic E-state index is 13.9. The summed E-state index contributed by atoms with van der Waals surface area (Å²) < 4.78 is 32.6. The predicted octanol–water partition coefficient (Wildman–Crippen LogP) is 3.47. The number of carbonyl (C=O) groups excluding carboxylic acids is 2. The number of amides is 2. The topological polar surface area (TPSA) is 58.6 Å². The molecule has 5 nitrogen and oxygen atoms in total. The first-order chi connectivity index (χ1) is 11.1. The van der Waals surface area contributed by atoms with Crippen molar-refractivity contribution in [1.29, 1.82) is 0 Å². The van der Waals surface area contributed by atoms with Gasteiger partial charge < -0.3 is 15.0 Å². The number of carbonyl (C=O) groups is 2. The van der Waals surface area contributed by atoms with Gasteiger partial charge in [0.1, 0.15) is 5.60 Å². The normalized spacial score (nSPS) is 17.8. The van der Waals surface area contributed by atoms with E-state index >= 15 is 0 Å². The van der Waals surface area contributed by atoms with E-state index in [2.05, 4.69) is 21.2 Å². The fourth-order valence-electron chi connectivity index (χ4n) is 2.40. The summed E-state index contributed by atoms with van der Waals surface area (Å²) in [4.78, 5) is 25.5. The molecule has 0 bridgehead atoms. The van der Waals surface area contributed by atoms with Gasteiger partial charge in [-0.1, -0.05) is 0 Å². The first-order valence-corrected chi connectivity index (χ1v) is 8.30. The van der Waals surface area contributed by atoms with Gasteiger partial charge in [0.2, 0.25) is 0 Å². The zero-order valence-corrected chi connectivity index (χ0v) is 15.2. The number of hydrogen-bond donors (Lipinski definition) is 1. The van der Waals surface area contributed by atoms with Crippen LogP contribution in [0.1, 0.15) is 37.6 Å². The van der Waals surface area contributed by atoms with Crippen molar-refractivity contribution in [3.8, 4) is 0 Å². The third kappa shape index (κ3) is 4.43. The molecule has 1 aromatic carbocycles. The second-order valence-electron chi connectivity index (χ2n) is 6.61. The second kappa shape index (κ2) is 7.04. The molecule has 24 heavy (non-hydrogen) atoms. The molecular weight excluding hydrogens is 386 g/mol. The largest absolute Gasteiger partial charge is 0.444 e. The Kier molecular flexibility index (Phi) is 5.47. The number of rotatable bonds is 2. The fraction of sp³-hybridized carbons (Fsp3) is 0.500. The molecule has 1 atom stereocenters. The highest BCUT2D eigenvalue weighted by molar-refractivity contribution is 9.10. The van der Waals surface area contributed by atoms with Crippen LogP contribution in [0, 0.1) is 11.6 Å². The van der Waals surface area contributed by atoms with Crippen molar-refractivity contribution in [2.45, 2.75) is 38.8 Å². The van der Waals surface area contributed by atoms with E-state index in [0.29, 0.717) is 13.0 Å². The average Bonchev–Trinajstić information content (AvgIpc) is 2.90. The zero-order chi connectivity index (χ0) is 18.1. The van der Waals surface area contributed by atoms with E-state index in [0.717, 1.165) is 0 Å². The Morgan fingerprint density at radius 3 is 2.58 bits per heavy atom. The summed E-state index contributed by atoms with van der Waals surface area (Å²) in [5.41, 5.74) is -0.940. The Morgan fingerprint density at radius 2 is 1.96 bits per heavy atom. The van der Waals surface area contributed by atoms with Crippen LogP contribution in [-0.2, 0) is 4.74 Å². The van der Waals surface area contributed by atoms with Crippen LogP contribution >= 0.6 is 15.9 Å². The van der Waals surface area contributed by atoms with Crippen LogP contribution < -0.4 is 5.32 Å². The lowest BCUT2D eigenvalue weighted by atomic mass is 10.2. The van der Waals surface area contributed by atoms with E-state index in [-0.39, 0.29) is 22.6 Å². The Hall–Kier alpha value is -1.70. The molecule has 1 saturated heterocycles. The quantitative estimate of drug-likeness (QED) is 0.767.